The first kappa shape index (κ1) is 13.3. The molecule has 1 unspecified atom stereocenters. The summed E-state index contributed by atoms with van der Waals surface area (Å²) in [6.07, 6.45) is 5.30. The third-order valence-corrected chi connectivity index (χ3v) is 4.39. The summed E-state index contributed by atoms with van der Waals surface area (Å²) in [5.74, 6) is 0.907. The monoisotopic (exact) mass is 239 g/mol. The van der Waals surface area contributed by atoms with Gasteiger partial charge in [-0.15, -0.1) is 0 Å². The summed E-state index contributed by atoms with van der Waals surface area (Å²) in [6.45, 7) is 9.59. The van der Waals surface area contributed by atoms with Crippen LogP contribution in [0.15, 0.2) is 0 Å². The number of likely N-dealkylation sites (tertiary alicyclic amines) is 1. The van der Waals surface area contributed by atoms with Crippen LogP contribution in [-0.2, 0) is 0 Å². The quantitative estimate of drug-likeness (QED) is 0.780. The normalized spacial score (nSPS) is 31.6. The molecular formula is C14H29N3. The molecule has 3 nitrogen and oxygen atoms in total. The van der Waals surface area contributed by atoms with Gasteiger partial charge < -0.3 is 15.5 Å². The van der Waals surface area contributed by atoms with Gasteiger partial charge in [0.25, 0.3) is 0 Å². The van der Waals surface area contributed by atoms with Gasteiger partial charge in [-0.3, -0.25) is 0 Å². The second-order valence-electron chi connectivity index (χ2n) is 6.66. The summed E-state index contributed by atoms with van der Waals surface area (Å²) in [5, 5.41) is 7.39. The fourth-order valence-electron chi connectivity index (χ4n) is 3.15. The van der Waals surface area contributed by atoms with Crippen molar-refractivity contribution < 1.29 is 0 Å². The molecule has 3 heteroatoms. The number of nitrogens with one attached hydrogen (secondary N) is 2. The number of hydrogen-bond donors (Lipinski definition) is 2. The molecule has 2 heterocycles. The van der Waals surface area contributed by atoms with Gasteiger partial charge in [0.15, 0.2) is 0 Å². The highest BCUT2D eigenvalue weighted by Crippen LogP contribution is 2.20. The Morgan fingerprint density at radius 2 is 1.94 bits per heavy atom. The average molecular weight is 239 g/mol. The zero-order valence-corrected chi connectivity index (χ0v) is 11.8. The van der Waals surface area contributed by atoms with Crippen LogP contribution in [0.25, 0.3) is 0 Å². The van der Waals surface area contributed by atoms with E-state index < -0.39 is 0 Å². The Labute approximate surface area is 106 Å². The number of rotatable bonds is 3. The SMILES string of the molecule is CN1CCC(CNC2CCNC(C)(C)C2)CC1. The molecule has 0 saturated carbocycles. The summed E-state index contributed by atoms with van der Waals surface area (Å²) in [6, 6.07) is 0.728. The summed E-state index contributed by atoms with van der Waals surface area (Å²) >= 11 is 0. The molecule has 17 heavy (non-hydrogen) atoms. The molecule has 2 aliphatic heterocycles. The highest BCUT2D eigenvalue weighted by atomic mass is 15.1. The molecule has 0 aromatic rings. The Morgan fingerprint density at radius 3 is 2.59 bits per heavy atom. The minimum absolute atomic E-state index is 0.322. The van der Waals surface area contributed by atoms with E-state index in [1.807, 2.05) is 0 Å². The van der Waals surface area contributed by atoms with Crippen molar-refractivity contribution >= 4 is 0 Å². The van der Waals surface area contributed by atoms with Crippen molar-refractivity contribution in [2.75, 3.05) is 33.2 Å². The lowest BCUT2D eigenvalue weighted by molar-refractivity contribution is 0.197. The summed E-state index contributed by atoms with van der Waals surface area (Å²) < 4.78 is 0. The van der Waals surface area contributed by atoms with Crippen molar-refractivity contribution in [3.05, 3.63) is 0 Å². The smallest absolute Gasteiger partial charge is 0.0139 e. The van der Waals surface area contributed by atoms with Crippen LogP contribution in [0.5, 0.6) is 0 Å². The maximum absolute atomic E-state index is 3.80. The van der Waals surface area contributed by atoms with E-state index in [0.29, 0.717) is 5.54 Å². The molecule has 0 spiro atoms. The molecule has 0 amide bonds. The van der Waals surface area contributed by atoms with Crippen molar-refractivity contribution in [2.24, 2.45) is 5.92 Å². The predicted octanol–water partition coefficient (Wildman–Crippen LogP) is 1.45. The van der Waals surface area contributed by atoms with E-state index in [2.05, 4.69) is 36.4 Å². The van der Waals surface area contributed by atoms with Crippen molar-refractivity contribution in [3.8, 4) is 0 Å². The summed E-state index contributed by atoms with van der Waals surface area (Å²) in [4.78, 5) is 2.45. The van der Waals surface area contributed by atoms with E-state index in [-0.39, 0.29) is 0 Å². The van der Waals surface area contributed by atoms with Gasteiger partial charge in [-0.2, -0.15) is 0 Å². The molecule has 100 valence electrons. The number of piperidine rings is 2. The first-order chi connectivity index (χ1) is 8.05. The van der Waals surface area contributed by atoms with Gasteiger partial charge in [-0.05, 0) is 78.7 Å². The molecule has 2 saturated heterocycles. The molecule has 2 rings (SSSR count). The molecule has 0 radical (unpaired) electrons. The Kier molecular flexibility index (Phi) is 4.45. The highest BCUT2D eigenvalue weighted by Gasteiger charge is 2.27. The van der Waals surface area contributed by atoms with Crippen LogP contribution in [0.1, 0.15) is 39.5 Å². The third-order valence-electron chi connectivity index (χ3n) is 4.39. The average Bonchev–Trinajstić information content (AvgIpc) is 2.27. The topological polar surface area (TPSA) is 27.3 Å². The van der Waals surface area contributed by atoms with Crippen LogP contribution < -0.4 is 10.6 Å². The van der Waals surface area contributed by atoms with E-state index >= 15 is 0 Å². The van der Waals surface area contributed by atoms with E-state index in [1.165, 1.54) is 45.3 Å². The van der Waals surface area contributed by atoms with Gasteiger partial charge in [0.2, 0.25) is 0 Å². The second kappa shape index (κ2) is 5.68. The van der Waals surface area contributed by atoms with Gasteiger partial charge in [-0.25, -0.2) is 0 Å². The molecule has 2 aliphatic rings. The van der Waals surface area contributed by atoms with Crippen LogP contribution in [-0.4, -0.2) is 49.7 Å². The molecule has 2 fully saturated rings. The highest BCUT2D eigenvalue weighted by molar-refractivity contribution is 4.89. The molecule has 0 aliphatic carbocycles. The van der Waals surface area contributed by atoms with Crippen molar-refractivity contribution in [2.45, 2.75) is 51.1 Å². The van der Waals surface area contributed by atoms with E-state index in [4.69, 9.17) is 0 Å². The van der Waals surface area contributed by atoms with Gasteiger partial charge in [0.05, 0.1) is 0 Å². The fourth-order valence-corrected chi connectivity index (χ4v) is 3.15. The standard InChI is InChI=1S/C14H29N3/c1-14(2)10-13(4-7-16-14)15-11-12-5-8-17(3)9-6-12/h12-13,15-16H,4-11H2,1-3H3. The first-order valence-electron chi connectivity index (χ1n) is 7.22. The molecular weight excluding hydrogens is 210 g/mol. The van der Waals surface area contributed by atoms with E-state index in [9.17, 15) is 0 Å². The summed E-state index contributed by atoms with van der Waals surface area (Å²) in [7, 11) is 2.24. The van der Waals surface area contributed by atoms with Crippen molar-refractivity contribution in [1.29, 1.82) is 0 Å². The maximum atomic E-state index is 3.80. The molecule has 0 aromatic carbocycles. The zero-order valence-electron chi connectivity index (χ0n) is 11.8. The summed E-state index contributed by atoms with van der Waals surface area (Å²) in [5.41, 5.74) is 0.322. The Morgan fingerprint density at radius 1 is 1.24 bits per heavy atom. The predicted molar refractivity (Wildman–Crippen MR) is 73.3 cm³/mol. The molecule has 1 atom stereocenters. The third kappa shape index (κ3) is 4.23. The van der Waals surface area contributed by atoms with Crippen LogP contribution in [0.2, 0.25) is 0 Å². The van der Waals surface area contributed by atoms with E-state index in [0.717, 1.165) is 18.5 Å². The Balaban J connectivity index is 1.68. The second-order valence-corrected chi connectivity index (χ2v) is 6.66. The van der Waals surface area contributed by atoms with Gasteiger partial charge in [0, 0.05) is 11.6 Å². The van der Waals surface area contributed by atoms with Crippen molar-refractivity contribution in [3.63, 3.8) is 0 Å². The lowest BCUT2D eigenvalue weighted by atomic mass is 9.88. The van der Waals surface area contributed by atoms with Crippen LogP contribution >= 0.6 is 0 Å². The first-order valence-corrected chi connectivity index (χ1v) is 7.22. The van der Waals surface area contributed by atoms with Crippen LogP contribution in [0, 0.1) is 5.92 Å². The molecule has 0 aromatic heterocycles. The lowest BCUT2D eigenvalue weighted by Crippen LogP contribution is -2.52. The fraction of sp³-hybridized carbons (Fsp3) is 1.00. The van der Waals surface area contributed by atoms with Crippen molar-refractivity contribution in [1.82, 2.24) is 15.5 Å². The Hall–Kier alpha value is -0.120. The lowest BCUT2D eigenvalue weighted by Gasteiger charge is -2.38. The van der Waals surface area contributed by atoms with Gasteiger partial charge in [0.1, 0.15) is 0 Å². The largest absolute Gasteiger partial charge is 0.314 e. The number of hydrogen-bond acceptors (Lipinski definition) is 3. The molecule has 0 bridgehead atoms. The van der Waals surface area contributed by atoms with E-state index in [1.54, 1.807) is 0 Å². The van der Waals surface area contributed by atoms with Gasteiger partial charge >= 0.3 is 0 Å². The maximum Gasteiger partial charge on any atom is 0.0139 e. The molecule has 2 N–H and O–H groups in total. The minimum atomic E-state index is 0.322. The Bertz CT molecular complexity index is 232. The minimum Gasteiger partial charge on any atom is -0.314 e. The zero-order chi connectivity index (χ0) is 12.3. The van der Waals surface area contributed by atoms with Crippen LogP contribution in [0.3, 0.4) is 0 Å². The van der Waals surface area contributed by atoms with Gasteiger partial charge in [-0.1, -0.05) is 0 Å². The number of nitrogens with zero attached hydrogens (tertiary/aromatic N) is 1. The van der Waals surface area contributed by atoms with Crippen LogP contribution in [0.4, 0.5) is 0 Å².